The Morgan fingerprint density at radius 2 is 1.58 bits per heavy atom. The zero-order valence-corrected chi connectivity index (χ0v) is 13.0. The molecule has 0 aliphatic heterocycles. The lowest BCUT2D eigenvalue weighted by molar-refractivity contribution is 0.0787. The molecule has 2 saturated carbocycles. The molecule has 2 nitrogen and oxygen atoms in total. The van der Waals surface area contributed by atoms with Crippen LogP contribution in [0.4, 0.5) is 0 Å². The Morgan fingerprint density at radius 1 is 1.00 bits per heavy atom. The van der Waals surface area contributed by atoms with Gasteiger partial charge in [0.05, 0.1) is 6.61 Å². The largest absolute Gasteiger partial charge is 0.394 e. The number of rotatable bonds is 4. The fourth-order valence-electron chi connectivity index (χ4n) is 4.06. The zero-order valence-electron chi connectivity index (χ0n) is 13.0. The van der Waals surface area contributed by atoms with Crippen LogP contribution in [-0.4, -0.2) is 23.3 Å². The van der Waals surface area contributed by atoms with E-state index in [1.807, 2.05) is 0 Å². The van der Waals surface area contributed by atoms with Crippen LogP contribution in [-0.2, 0) is 0 Å². The highest BCUT2D eigenvalue weighted by Crippen LogP contribution is 2.36. The van der Waals surface area contributed by atoms with Gasteiger partial charge in [-0.2, -0.15) is 0 Å². The van der Waals surface area contributed by atoms with Crippen LogP contribution in [0, 0.1) is 11.8 Å². The molecule has 0 aromatic rings. The van der Waals surface area contributed by atoms with Gasteiger partial charge < -0.3 is 10.4 Å². The van der Waals surface area contributed by atoms with E-state index < -0.39 is 0 Å². The van der Waals surface area contributed by atoms with Crippen molar-refractivity contribution in [2.75, 3.05) is 6.61 Å². The fraction of sp³-hybridized carbons (Fsp3) is 1.00. The van der Waals surface area contributed by atoms with E-state index in [1.54, 1.807) is 0 Å². The van der Waals surface area contributed by atoms with Crippen molar-refractivity contribution >= 4 is 0 Å². The molecule has 2 aliphatic rings. The molecular weight excluding hydrogens is 234 g/mol. The first-order valence-corrected chi connectivity index (χ1v) is 8.54. The summed E-state index contributed by atoms with van der Waals surface area (Å²) in [6, 6.07) is 0.658. The van der Waals surface area contributed by atoms with Gasteiger partial charge in [0, 0.05) is 11.6 Å². The van der Waals surface area contributed by atoms with Crippen LogP contribution < -0.4 is 5.32 Å². The second kappa shape index (κ2) is 7.08. The minimum absolute atomic E-state index is 0.0421. The van der Waals surface area contributed by atoms with Gasteiger partial charge in [0.2, 0.25) is 0 Å². The Kier molecular flexibility index (Phi) is 5.70. The fourth-order valence-corrected chi connectivity index (χ4v) is 4.06. The second-order valence-electron chi connectivity index (χ2n) is 7.35. The summed E-state index contributed by atoms with van der Waals surface area (Å²) in [6.45, 7) is 5.01. The Hall–Kier alpha value is -0.0800. The van der Waals surface area contributed by atoms with Gasteiger partial charge in [-0.1, -0.05) is 39.5 Å². The first-order valence-electron chi connectivity index (χ1n) is 8.54. The first kappa shape index (κ1) is 15.3. The monoisotopic (exact) mass is 267 g/mol. The summed E-state index contributed by atoms with van der Waals surface area (Å²) in [6.07, 6.45) is 13.1. The van der Waals surface area contributed by atoms with Gasteiger partial charge in [0.1, 0.15) is 0 Å². The smallest absolute Gasteiger partial charge is 0.0613 e. The van der Waals surface area contributed by atoms with E-state index in [1.165, 1.54) is 64.2 Å². The molecule has 2 rings (SSSR count). The van der Waals surface area contributed by atoms with Gasteiger partial charge in [-0.25, -0.2) is 0 Å². The quantitative estimate of drug-likeness (QED) is 0.758. The lowest BCUT2D eigenvalue weighted by atomic mass is 9.72. The molecule has 0 radical (unpaired) electrons. The number of hydrogen-bond acceptors (Lipinski definition) is 2. The molecule has 0 unspecified atom stereocenters. The van der Waals surface area contributed by atoms with Crippen molar-refractivity contribution in [2.45, 2.75) is 89.6 Å². The third-order valence-electron chi connectivity index (χ3n) is 5.60. The van der Waals surface area contributed by atoms with Crippen LogP contribution in [0.1, 0.15) is 78.1 Å². The maximum atomic E-state index is 9.90. The van der Waals surface area contributed by atoms with Crippen molar-refractivity contribution in [2.24, 2.45) is 11.8 Å². The molecule has 112 valence electrons. The third-order valence-corrected chi connectivity index (χ3v) is 5.60. The van der Waals surface area contributed by atoms with Crippen molar-refractivity contribution in [3.8, 4) is 0 Å². The van der Waals surface area contributed by atoms with Crippen molar-refractivity contribution in [1.82, 2.24) is 5.32 Å². The van der Waals surface area contributed by atoms with Gasteiger partial charge in [0.15, 0.2) is 0 Å². The van der Waals surface area contributed by atoms with E-state index in [0.29, 0.717) is 12.6 Å². The predicted octanol–water partition coefficient (Wildman–Crippen LogP) is 3.88. The summed E-state index contributed by atoms with van der Waals surface area (Å²) in [5.41, 5.74) is 0.0421. The molecule has 0 spiro atoms. The molecule has 19 heavy (non-hydrogen) atoms. The van der Waals surface area contributed by atoms with Crippen molar-refractivity contribution in [3.05, 3.63) is 0 Å². The van der Waals surface area contributed by atoms with Crippen LogP contribution in [0.2, 0.25) is 0 Å². The normalized spacial score (nSPS) is 34.4. The standard InChI is InChI=1S/C17H33NO/c1-14(2)15-9-11-17(13-19,12-10-15)18-16-7-5-3-4-6-8-16/h14-16,18-19H,3-13H2,1-2H3. The van der Waals surface area contributed by atoms with Crippen LogP contribution >= 0.6 is 0 Å². The topological polar surface area (TPSA) is 32.3 Å². The van der Waals surface area contributed by atoms with Crippen LogP contribution in [0.25, 0.3) is 0 Å². The number of hydrogen-bond donors (Lipinski definition) is 2. The summed E-state index contributed by atoms with van der Waals surface area (Å²) in [4.78, 5) is 0. The van der Waals surface area contributed by atoms with E-state index in [2.05, 4.69) is 19.2 Å². The SMILES string of the molecule is CC(C)C1CCC(CO)(NC2CCCCCC2)CC1. The molecule has 0 aromatic heterocycles. The molecule has 2 N–H and O–H groups in total. The van der Waals surface area contributed by atoms with Gasteiger partial charge in [0.25, 0.3) is 0 Å². The van der Waals surface area contributed by atoms with E-state index in [9.17, 15) is 5.11 Å². The number of nitrogens with one attached hydrogen (secondary N) is 1. The molecule has 2 fully saturated rings. The van der Waals surface area contributed by atoms with E-state index in [-0.39, 0.29) is 5.54 Å². The minimum Gasteiger partial charge on any atom is -0.394 e. The molecule has 0 atom stereocenters. The average Bonchev–Trinajstić information content (AvgIpc) is 2.68. The minimum atomic E-state index is 0.0421. The van der Waals surface area contributed by atoms with Crippen LogP contribution in [0.3, 0.4) is 0 Å². The van der Waals surface area contributed by atoms with Crippen molar-refractivity contribution in [3.63, 3.8) is 0 Å². The van der Waals surface area contributed by atoms with Gasteiger partial charge in [-0.15, -0.1) is 0 Å². The average molecular weight is 267 g/mol. The first-order chi connectivity index (χ1) is 9.15. The molecule has 2 aliphatic carbocycles. The molecule has 0 heterocycles. The van der Waals surface area contributed by atoms with Gasteiger partial charge in [-0.3, -0.25) is 0 Å². The highest BCUT2D eigenvalue weighted by Gasteiger charge is 2.36. The van der Waals surface area contributed by atoms with Crippen molar-refractivity contribution in [1.29, 1.82) is 0 Å². The highest BCUT2D eigenvalue weighted by molar-refractivity contribution is 4.95. The summed E-state index contributed by atoms with van der Waals surface area (Å²) in [5, 5.41) is 13.8. The molecular formula is C17H33NO. The molecule has 2 heteroatoms. The third kappa shape index (κ3) is 4.19. The lowest BCUT2D eigenvalue weighted by Crippen LogP contribution is -2.55. The number of aliphatic hydroxyl groups excluding tert-OH is 1. The zero-order chi connectivity index (χ0) is 13.7. The maximum Gasteiger partial charge on any atom is 0.0613 e. The number of aliphatic hydroxyl groups is 1. The second-order valence-corrected chi connectivity index (χ2v) is 7.35. The van der Waals surface area contributed by atoms with Gasteiger partial charge >= 0.3 is 0 Å². The molecule has 0 aromatic carbocycles. The summed E-state index contributed by atoms with van der Waals surface area (Å²) < 4.78 is 0. The maximum absolute atomic E-state index is 9.90. The predicted molar refractivity (Wildman–Crippen MR) is 81.2 cm³/mol. The Bertz CT molecular complexity index is 248. The molecule has 0 bridgehead atoms. The van der Waals surface area contributed by atoms with Crippen LogP contribution in [0.5, 0.6) is 0 Å². The van der Waals surface area contributed by atoms with E-state index in [0.717, 1.165) is 11.8 Å². The molecule has 0 saturated heterocycles. The molecule has 0 amide bonds. The van der Waals surface area contributed by atoms with Gasteiger partial charge in [-0.05, 0) is 50.4 Å². The van der Waals surface area contributed by atoms with Crippen LogP contribution in [0.15, 0.2) is 0 Å². The highest BCUT2D eigenvalue weighted by atomic mass is 16.3. The Labute approximate surface area is 119 Å². The Balaban J connectivity index is 1.88. The van der Waals surface area contributed by atoms with Crippen molar-refractivity contribution < 1.29 is 5.11 Å². The lowest BCUT2D eigenvalue weighted by Gasteiger charge is -2.43. The summed E-state index contributed by atoms with van der Waals surface area (Å²) in [5.74, 6) is 1.67. The Morgan fingerprint density at radius 3 is 2.05 bits per heavy atom. The summed E-state index contributed by atoms with van der Waals surface area (Å²) >= 11 is 0. The van der Waals surface area contributed by atoms with E-state index >= 15 is 0 Å². The van der Waals surface area contributed by atoms with E-state index in [4.69, 9.17) is 0 Å². The summed E-state index contributed by atoms with van der Waals surface area (Å²) in [7, 11) is 0.